The molecule has 0 radical (unpaired) electrons. The number of amides is 1. The van der Waals surface area contributed by atoms with Gasteiger partial charge in [-0.15, -0.1) is 0 Å². The highest BCUT2D eigenvalue weighted by Crippen LogP contribution is 2.23. The molecule has 1 aromatic carbocycles. The monoisotopic (exact) mass is 324 g/mol. The molecular weight excluding hydrogens is 311 g/mol. The number of H-pyrrole nitrogens is 1. The van der Waals surface area contributed by atoms with E-state index in [0.717, 1.165) is 5.56 Å². The maximum Gasteiger partial charge on any atom is 0.270 e. The Labute approximate surface area is 132 Å². The Morgan fingerprint density at radius 1 is 1.19 bits per heavy atom. The van der Waals surface area contributed by atoms with Gasteiger partial charge >= 0.3 is 0 Å². The minimum atomic E-state index is -0.200. The van der Waals surface area contributed by atoms with E-state index in [4.69, 9.17) is 23.2 Å². The molecule has 0 atom stereocenters. The van der Waals surface area contributed by atoms with Crippen LogP contribution in [0.4, 0.5) is 0 Å². The molecule has 0 saturated carbocycles. The normalized spacial score (nSPS) is 10.5. The SMILES string of the molecule is CC(=O)c1c[nH]c(C(=O)N(C)Cc2ccc(Cl)c(Cl)c2)c1. The van der Waals surface area contributed by atoms with Gasteiger partial charge < -0.3 is 9.88 Å². The van der Waals surface area contributed by atoms with Gasteiger partial charge in [0.05, 0.1) is 10.0 Å². The lowest BCUT2D eigenvalue weighted by atomic mass is 10.2. The first-order valence-corrected chi connectivity index (χ1v) is 7.03. The van der Waals surface area contributed by atoms with Crippen LogP contribution in [0, 0.1) is 0 Å². The Morgan fingerprint density at radius 2 is 1.90 bits per heavy atom. The second-order valence-corrected chi connectivity index (χ2v) is 5.58. The first-order chi connectivity index (χ1) is 9.88. The summed E-state index contributed by atoms with van der Waals surface area (Å²) in [5, 5.41) is 0.929. The average molecular weight is 325 g/mol. The summed E-state index contributed by atoms with van der Waals surface area (Å²) in [4.78, 5) is 27.9. The Hall–Kier alpha value is -1.78. The summed E-state index contributed by atoms with van der Waals surface area (Å²) < 4.78 is 0. The number of rotatable bonds is 4. The molecule has 2 rings (SSSR count). The van der Waals surface area contributed by atoms with Crippen molar-refractivity contribution in [1.29, 1.82) is 0 Å². The quantitative estimate of drug-likeness (QED) is 0.870. The number of nitrogens with zero attached hydrogens (tertiary/aromatic N) is 1. The Balaban J connectivity index is 2.11. The standard InChI is InChI=1S/C15H14Cl2N2O2/c1-9(20)11-6-14(18-7-11)15(21)19(2)8-10-3-4-12(16)13(17)5-10/h3-7,18H,8H2,1-2H3. The van der Waals surface area contributed by atoms with Crippen molar-refractivity contribution >= 4 is 34.9 Å². The molecule has 21 heavy (non-hydrogen) atoms. The number of aromatic amines is 1. The van der Waals surface area contributed by atoms with Crippen LogP contribution in [0.15, 0.2) is 30.5 Å². The number of nitrogens with one attached hydrogen (secondary N) is 1. The highest BCUT2D eigenvalue weighted by Gasteiger charge is 2.15. The lowest BCUT2D eigenvalue weighted by Crippen LogP contribution is -2.26. The second kappa shape index (κ2) is 6.33. The van der Waals surface area contributed by atoms with E-state index in [1.165, 1.54) is 18.0 Å². The number of halogens is 2. The van der Waals surface area contributed by atoms with Crippen LogP contribution in [0.1, 0.15) is 33.3 Å². The van der Waals surface area contributed by atoms with E-state index in [9.17, 15) is 9.59 Å². The van der Waals surface area contributed by atoms with Gasteiger partial charge in [0.15, 0.2) is 5.78 Å². The van der Waals surface area contributed by atoms with Gasteiger partial charge in [0, 0.05) is 25.4 Å². The molecule has 0 aliphatic heterocycles. The molecule has 110 valence electrons. The molecule has 0 spiro atoms. The number of Topliss-reactive ketones (excluding diaryl/α,β-unsaturated/α-hetero) is 1. The number of carbonyl (C=O) groups excluding carboxylic acids is 2. The zero-order chi connectivity index (χ0) is 15.6. The Bertz CT molecular complexity index is 695. The summed E-state index contributed by atoms with van der Waals surface area (Å²) in [5.74, 6) is -0.286. The van der Waals surface area contributed by atoms with Gasteiger partial charge in [-0.25, -0.2) is 0 Å². The molecule has 1 amide bonds. The van der Waals surface area contributed by atoms with E-state index in [2.05, 4.69) is 4.98 Å². The molecular formula is C15H14Cl2N2O2. The fraction of sp³-hybridized carbons (Fsp3) is 0.200. The Morgan fingerprint density at radius 3 is 2.48 bits per heavy atom. The van der Waals surface area contributed by atoms with Gasteiger partial charge in [0.25, 0.3) is 5.91 Å². The number of hydrogen-bond donors (Lipinski definition) is 1. The molecule has 0 aliphatic carbocycles. The molecule has 4 nitrogen and oxygen atoms in total. The third kappa shape index (κ3) is 3.65. The molecule has 0 unspecified atom stereocenters. The van der Waals surface area contributed by atoms with Crippen molar-refractivity contribution in [3.8, 4) is 0 Å². The fourth-order valence-corrected chi connectivity index (χ4v) is 2.23. The molecule has 0 saturated heterocycles. The number of aromatic nitrogens is 1. The van der Waals surface area contributed by atoms with Crippen molar-refractivity contribution in [3.05, 3.63) is 57.3 Å². The van der Waals surface area contributed by atoms with E-state index in [-0.39, 0.29) is 11.7 Å². The molecule has 1 N–H and O–H groups in total. The summed E-state index contributed by atoms with van der Waals surface area (Å²) in [6.07, 6.45) is 1.53. The summed E-state index contributed by atoms with van der Waals surface area (Å²) in [7, 11) is 1.68. The van der Waals surface area contributed by atoms with Crippen LogP contribution < -0.4 is 0 Å². The molecule has 1 heterocycles. The van der Waals surface area contributed by atoms with Crippen molar-refractivity contribution in [2.24, 2.45) is 0 Å². The van der Waals surface area contributed by atoms with Crippen molar-refractivity contribution in [3.63, 3.8) is 0 Å². The van der Waals surface area contributed by atoms with Gasteiger partial charge in [-0.1, -0.05) is 29.3 Å². The summed E-state index contributed by atoms with van der Waals surface area (Å²) in [6.45, 7) is 1.85. The number of ketones is 1. The third-order valence-corrected chi connectivity index (χ3v) is 3.81. The zero-order valence-electron chi connectivity index (χ0n) is 11.6. The molecule has 1 aromatic heterocycles. The van der Waals surface area contributed by atoms with Gasteiger partial charge in [-0.3, -0.25) is 9.59 Å². The zero-order valence-corrected chi connectivity index (χ0v) is 13.1. The topological polar surface area (TPSA) is 53.2 Å². The number of carbonyl (C=O) groups is 2. The van der Waals surface area contributed by atoms with Gasteiger partial charge in [0.2, 0.25) is 0 Å². The van der Waals surface area contributed by atoms with Crippen molar-refractivity contribution in [1.82, 2.24) is 9.88 Å². The summed E-state index contributed by atoms with van der Waals surface area (Å²) in [5.41, 5.74) is 1.74. The van der Waals surface area contributed by atoms with Crippen molar-refractivity contribution in [2.75, 3.05) is 7.05 Å². The molecule has 0 bridgehead atoms. The fourth-order valence-electron chi connectivity index (χ4n) is 1.91. The lowest BCUT2D eigenvalue weighted by Gasteiger charge is -2.16. The van der Waals surface area contributed by atoms with E-state index in [1.54, 1.807) is 25.2 Å². The maximum atomic E-state index is 12.3. The van der Waals surface area contributed by atoms with Gasteiger partial charge in [0.1, 0.15) is 5.69 Å². The molecule has 0 aliphatic rings. The number of benzene rings is 1. The number of hydrogen-bond acceptors (Lipinski definition) is 2. The van der Waals surface area contributed by atoms with Crippen LogP contribution >= 0.6 is 23.2 Å². The van der Waals surface area contributed by atoms with E-state index < -0.39 is 0 Å². The van der Waals surface area contributed by atoms with Gasteiger partial charge in [-0.05, 0) is 30.7 Å². The minimum absolute atomic E-state index is 0.0857. The second-order valence-electron chi connectivity index (χ2n) is 4.77. The maximum absolute atomic E-state index is 12.3. The highest BCUT2D eigenvalue weighted by molar-refractivity contribution is 6.42. The first-order valence-electron chi connectivity index (χ1n) is 6.27. The minimum Gasteiger partial charge on any atom is -0.356 e. The summed E-state index contributed by atoms with van der Waals surface area (Å²) in [6, 6.07) is 6.78. The van der Waals surface area contributed by atoms with Gasteiger partial charge in [-0.2, -0.15) is 0 Å². The van der Waals surface area contributed by atoms with E-state index in [1.807, 2.05) is 6.07 Å². The van der Waals surface area contributed by atoms with E-state index >= 15 is 0 Å². The van der Waals surface area contributed by atoms with Crippen LogP contribution in [0.3, 0.4) is 0 Å². The van der Waals surface area contributed by atoms with Crippen LogP contribution in [-0.4, -0.2) is 28.6 Å². The van der Waals surface area contributed by atoms with Crippen LogP contribution in [0.25, 0.3) is 0 Å². The Kier molecular flexibility index (Phi) is 4.70. The van der Waals surface area contributed by atoms with E-state index in [0.29, 0.717) is 27.8 Å². The molecule has 2 aromatic rings. The largest absolute Gasteiger partial charge is 0.356 e. The molecule has 0 fully saturated rings. The predicted molar refractivity (Wildman–Crippen MR) is 83.1 cm³/mol. The van der Waals surface area contributed by atoms with Crippen molar-refractivity contribution in [2.45, 2.75) is 13.5 Å². The van der Waals surface area contributed by atoms with Crippen LogP contribution in [0.5, 0.6) is 0 Å². The van der Waals surface area contributed by atoms with Crippen LogP contribution in [-0.2, 0) is 6.54 Å². The summed E-state index contributed by atoms with van der Waals surface area (Å²) >= 11 is 11.8. The highest BCUT2D eigenvalue weighted by atomic mass is 35.5. The van der Waals surface area contributed by atoms with Crippen molar-refractivity contribution < 1.29 is 9.59 Å². The lowest BCUT2D eigenvalue weighted by molar-refractivity contribution is 0.0780. The average Bonchev–Trinajstić information content (AvgIpc) is 2.92. The smallest absolute Gasteiger partial charge is 0.270 e. The predicted octanol–water partition coefficient (Wildman–Crippen LogP) is 3.80. The first kappa shape index (κ1) is 15.6. The third-order valence-electron chi connectivity index (χ3n) is 3.07. The van der Waals surface area contributed by atoms with Crippen LogP contribution in [0.2, 0.25) is 10.0 Å². The molecule has 6 heteroatoms.